The summed E-state index contributed by atoms with van der Waals surface area (Å²) in [5, 5.41) is 0. The van der Waals surface area contributed by atoms with E-state index in [1.54, 1.807) is 0 Å². The van der Waals surface area contributed by atoms with Crippen LogP contribution in [0.5, 0.6) is 0 Å². The van der Waals surface area contributed by atoms with Gasteiger partial charge in [0.25, 0.3) is 0 Å². The van der Waals surface area contributed by atoms with Gasteiger partial charge in [-0.15, -0.1) is 0 Å². The molecule has 2 heteroatoms. The molecule has 3 aromatic rings. The van der Waals surface area contributed by atoms with E-state index in [0.29, 0.717) is 0 Å². The van der Waals surface area contributed by atoms with E-state index in [-0.39, 0.29) is 0 Å². The fraction of sp³-hybridized carbons (Fsp3) is 0.158. The predicted octanol–water partition coefficient (Wildman–Crippen LogP) is 3.45. The summed E-state index contributed by atoms with van der Waals surface area (Å²) in [6.07, 6.45) is 2.97. The molecule has 2 nitrogen and oxygen atoms in total. The molecular formula is C19H17N2+. The molecule has 0 radical (unpaired) electrons. The Morgan fingerprint density at radius 1 is 0.952 bits per heavy atom. The zero-order valence-corrected chi connectivity index (χ0v) is 12.3. The lowest BCUT2D eigenvalue weighted by molar-refractivity contribution is -0.667. The Kier molecular flexibility index (Phi) is 2.64. The maximum atomic E-state index is 4.76. The highest BCUT2D eigenvalue weighted by atomic mass is 15.0. The second kappa shape index (κ2) is 4.52. The van der Waals surface area contributed by atoms with Crippen molar-refractivity contribution in [3.63, 3.8) is 0 Å². The molecule has 1 aliphatic carbocycles. The van der Waals surface area contributed by atoms with Crippen molar-refractivity contribution in [1.82, 2.24) is 4.98 Å². The first kappa shape index (κ1) is 12.3. The lowest BCUT2D eigenvalue weighted by atomic mass is 10.1. The van der Waals surface area contributed by atoms with E-state index in [0.717, 1.165) is 12.1 Å². The molecule has 0 bridgehead atoms. The molecule has 1 heterocycles. The molecule has 0 spiro atoms. The van der Waals surface area contributed by atoms with Gasteiger partial charge in [-0.3, -0.25) is 0 Å². The third kappa shape index (κ3) is 1.79. The number of hydrogen-bond acceptors (Lipinski definition) is 1. The number of aryl methyl sites for hydroxylation is 1. The average molecular weight is 273 g/mol. The Labute approximate surface area is 124 Å². The Hall–Kier alpha value is -2.48. The van der Waals surface area contributed by atoms with Gasteiger partial charge in [0.05, 0.1) is 12.0 Å². The quantitative estimate of drug-likeness (QED) is 0.485. The van der Waals surface area contributed by atoms with Crippen molar-refractivity contribution in [2.75, 3.05) is 0 Å². The van der Waals surface area contributed by atoms with E-state index in [1.807, 2.05) is 6.20 Å². The zero-order chi connectivity index (χ0) is 14.4. The first-order valence-electron chi connectivity index (χ1n) is 7.28. The summed E-state index contributed by atoms with van der Waals surface area (Å²) in [6, 6.07) is 17.0. The first-order valence-corrected chi connectivity index (χ1v) is 7.28. The van der Waals surface area contributed by atoms with Crippen molar-refractivity contribution < 1.29 is 4.57 Å². The summed E-state index contributed by atoms with van der Waals surface area (Å²) in [7, 11) is 2.15. The minimum Gasteiger partial charge on any atom is -0.243 e. The fourth-order valence-electron chi connectivity index (χ4n) is 3.21. The van der Waals surface area contributed by atoms with Crippen LogP contribution >= 0.6 is 0 Å². The number of rotatable bonds is 1. The molecular weight excluding hydrogens is 256 g/mol. The van der Waals surface area contributed by atoms with Crippen molar-refractivity contribution in [3.05, 3.63) is 71.5 Å². The molecule has 102 valence electrons. The molecule has 21 heavy (non-hydrogen) atoms. The van der Waals surface area contributed by atoms with Crippen molar-refractivity contribution >= 4 is 0 Å². The number of benzene rings is 2. The maximum absolute atomic E-state index is 4.76. The highest BCUT2D eigenvalue weighted by molar-refractivity contribution is 5.72. The van der Waals surface area contributed by atoms with E-state index in [1.165, 1.54) is 33.6 Å². The molecule has 0 N–H and O–H groups in total. The van der Waals surface area contributed by atoms with Gasteiger partial charge in [-0.1, -0.05) is 42.5 Å². The van der Waals surface area contributed by atoms with Crippen LogP contribution in [0.4, 0.5) is 0 Å². The molecule has 1 aromatic heterocycles. The van der Waals surface area contributed by atoms with Crippen molar-refractivity contribution in [1.29, 1.82) is 0 Å². The number of nitrogens with zero attached hydrogens (tertiary/aromatic N) is 2. The van der Waals surface area contributed by atoms with Crippen LogP contribution in [0.15, 0.2) is 54.7 Å². The Morgan fingerprint density at radius 2 is 1.67 bits per heavy atom. The second-order valence-electron chi connectivity index (χ2n) is 5.65. The van der Waals surface area contributed by atoms with E-state index >= 15 is 0 Å². The Bertz CT molecular complexity index is 850. The molecule has 4 rings (SSSR count). The molecule has 1 aliphatic rings. The van der Waals surface area contributed by atoms with Crippen molar-refractivity contribution in [2.45, 2.75) is 13.3 Å². The molecule has 0 aliphatic heterocycles. The van der Waals surface area contributed by atoms with Crippen LogP contribution in [-0.2, 0) is 13.5 Å². The largest absolute Gasteiger partial charge is 0.243 e. The van der Waals surface area contributed by atoms with Gasteiger partial charge in [0.1, 0.15) is 18.9 Å². The normalized spacial score (nSPS) is 12.1. The average Bonchev–Trinajstić information content (AvgIpc) is 2.89. The van der Waals surface area contributed by atoms with Crippen LogP contribution in [0, 0.1) is 6.92 Å². The van der Waals surface area contributed by atoms with Gasteiger partial charge in [0.2, 0.25) is 11.4 Å². The van der Waals surface area contributed by atoms with Crippen LogP contribution < -0.4 is 4.57 Å². The number of aromatic nitrogens is 2. The van der Waals surface area contributed by atoms with Gasteiger partial charge in [-0.2, -0.15) is 4.57 Å². The van der Waals surface area contributed by atoms with Crippen LogP contribution in [0.1, 0.15) is 16.8 Å². The zero-order valence-electron chi connectivity index (χ0n) is 12.3. The Morgan fingerprint density at radius 3 is 2.48 bits per heavy atom. The summed E-state index contributed by atoms with van der Waals surface area (Å²) in [5.74, 6) is 0. The topological polar surface area (TPSA) is 16.8 Å². The van der Waals surface area contributed by atoms with Crippen LogP contribution in [0.25, 0.3) is 22.5 Å². The third-order valence-corrected chi connectivity index (χ3v) is 4.41. The van der Waals surface area contributed by atoms with E-state index in [9.17, 15) is 0 Å². The van der Waals surface area contributed by atoms with Gasteiger partial charge in [-0.05, 0) is 24.1 Å². The summed E-state index contributed by atoms with van der Waals surface area (Å²) in [6.45, 7) is 2.15. The minimum atomic E-state index is 0.967. The van der Waals surface area contributed by atoms with E-state index in [2.05, 4.69) is 67.1 Å². The number of hydrogen-bond donors (Lipinski definition) is 0. The van der Waals surface area contributed by atoms with Crippen LogP contribution in [0.3, 0.4) is 0 Å². The lowest BCUT2D eigenvalue weighted by Gasteiger charge is -2.06. The van der Waals surface area contributed by atoms with E-state index in [4.69, 9.17) is 4.98 Å². The molecule has 0 saturated carbocycles. The van der Waals surface area contributed by atoms with Crippen LogP contribution in [-0.4, -0.2) is 4.98 Å². The van der Waals surface area contributed by atoms with Crippen molar-refractivity contribution in [2.24, 2.45) is 7.05 Å². The van der Waals surface area contributed by atoms with E-state index < -0.39 is 0 Å². The molecule has 2 aromatic carbocycles. The second-order valence-corrected chi connectivity index (χ2v) is 5.65. The monoisotopic (exact) mass is 273 g/mol. The van der Waals surface area contributed by atoms with Gasteiger partial charge >= 0.3 is 0 Å². The summed E-state index contributed by atoms with van der Waals surface area (Å²) in [5.41, 5.74) is 8.80. The van der Waals surface area contributed by atoms with Gasteiger partial charge in [0, 0.05) is 5.56 Å². The third-order valence-electron chi connectivity index (χ3n) is 4.41. The molecule has 0 atom stereocenters. The highest BCUT2D eigenvalue weighted by Crippen LogP contribution is 2.33. The first-order chi connectivity index (χ1) is 10.3. The Balaban J connectivity index is 1.93. The molecule has 0 amide bonds. The molecule has 0 unspecified atom stereocenters. The standard InChI is InChI=1S/C19H17N2/c1-13-7-3-5-9-15(13)18-12-20-19-16-10-6-4-8-14(16)11-17(19)21(18)2/h3-10,12H,11H2,1-2H3/q+1. The highest BCUT2D eigenvalue weighted by Gasteiger charge is 2.29. The summed E-state index contributed by atoms with van der Waals surface area (Å²) >= 11 is 0. The SMILES string of the molecule is Cc1ccccc1-c1cnc2c([n+]1C)Cc1ccccc1-2. The van der Waals surface area contributed by atoms with Crippen LogP contribution in [0.2, 0.25) is 0 Å². The van der Waals surface area contributed by atoms with Crippen molar-refractivity contribution in [3.8, 4) is 22.5 Å². The molecule has 0 saturated heterocycles. The molecule has 0 fully saturated rings. The summed E-state index contributed by atoms with van der Waals surface area (Å²) < 4.78 is 2.30. The van der Waals surface area contributed by atoms with Gasteiger partial charge in [-0.25, -0.2) is 4.98 Å². The lowest BCUT2D eigenvalue weighted by Crippen LogP contribution is -2.36. The number of fused-ring (bicyclic) bond motifs is 3. The predicted molar refractivity (Wildman–Crippen MR) is 83.8 cm³/mol. The summed E-state index contributed by atoms with van der Waals surface area (Å²) in [4.78, 5) is 4.76. The maximum Gasteiger partial charge on any atom is 0.231 e. The van der Waals surface area contributed by atoms with Gasteiger partial charge in [0.15, 0.2) is 0 Å². The van der Waals surface area contributed by atoms with Gasteiger partial charge < -0.3 is 0 Å². The fourth-order valence-corrected chi connectivity index (χ4v) is 3.21. The smallest absolute Gasteiger partial charge is 0.231 e. The minimum absolute atomic E-state index is 0.967.